The molecule has 1 saturated carbocycles. The fourth-order valence-corrected chi connectivity index (χ4v) is 3.33. The van der Waals surface area contributed by atoms with Crippen LogP contribution < -0.4 is 5.32 Å². The smallest absolute Gasteiger partial charge is 0.341 e. The van der Waals surface area contributed by atoms with Crippen molar-refractivity contribution in [2.75, 3.05) is 18.5 Å². The number of carbonyl (C=O) groups is 1. The van der Waals surface area contributed by atoms with Crippen molar-refractivity contribution < 1.29 is 14.6 Å². The molecule has 3 N–H and O–H groups in total. The minimum atomic E-state index is -0.373. The number of fused-ring (bicyclic) bond motifs is 1. The fourth-order valence-electron chi connectivity index (χ4n) is 3.33. The van der Waals surface area contributed by atoms with Crippen molar-refractivity contribution in [2.45, 2.75) is 38.6 Å². The molecule has 6 nitrogen and oxygen atoms in total. The third kappa shape index (κ3) is 3.17. The lowest BCUT2D eigenvalue weighted by Gasteiger charge is -2.32. The third-order valence-corrected chi connectivity index (χ3v) is 4.56. The molecule has 0 unspecified atom stereocenters. The van der Waals surface area contributed by atoms with E-state index < -0.39 is 0 Å². The van der Waals surface area contributed by atoms with Crippen molar-refractivity contribution in [2.24, 2.45) is 5.92 Å². The number of carbonyl (C=O) groups excluding carboxylic acids is 1. The summed E-state index contributed by atoms with van der Waals surface area (Å²) in [5.74, 6) is -0.164. The van der Waals surface area contributed by atoms with Gasteiger partial charge in [-0.05, 0) is 25.8 Å². The Morgan fingerprint density at radius 1 is 1.48 bits per heavy atom. The molecule has 2 heterocycles. The molecule has 124 valence electrons. The Morgan fingerprint density at radius 2 is 2.30 bits per heavy atom. The predicted octanol–water partition coefficient (Wildman–Crippen LogP) is 2.70. The Bertz CT molecular complexity index is 683. The number of aromatic nitrogens is 2. The van der Waals surface area contributed by atoms with Gasteiger partial charge in [-0.15, -0.1) is 0 Å². The normalized spacial score (nSPS) is 21.3. The number of esters is 1. The van der Waals surface area contributed by atoms with Crippen LogP contribution in [-0.4, -0.2) is 40.3 Å². The Kier molecular flexibility index (Phi) is 4.81. The van der Waals surface area contributed by atoms with Gasteiger partial charge >= 0.3 is 5.97 Å². The van der Waals surface area contributed by atoms with E-state index in [1.807, 2.05) is 12.3 Å². The van der Waals surface area contributed by atoms with Crippen molar-refractivity contribution in [1.29, 1.82) is 0 Å². The summed E-state index contributed by atoms with van der Waals surface area (Å²) in [4.78, 5) is 19.6. The molecule has 0 aliphatic heterocycles. The lowest BCUT2D eigenvalue weighted by atomic mass is 9.84. The van der Waals surface area contributed by atoms with Crippen molar-refractivity contribution in [1.82, 2.24) is 9.97 Å². The zero-order valence-electron chi connectivity index (χ0n) is 13.3. The molecule has 3 rings (SSSR count). The summed E-state index contributed by atoms with van der Waals surface area (Å²) < 4.78 is 5.16. The first-order valence-electron chi connectivity index (χ1n) is 8.25. The highest BCUT2D eigenvalue weighted by molar-refractivity contribution is 6.04. The average molecular weight is 317 g/mol. The number of hydrogen-bond donors (Lipinski definition) is 3. The first kappa shape index (κ1) is 15.8. The van der Waals surface area contributed by atoms with Gasteiger partial charge in [0.15, 0.2) is 0 Å². The standard InChI is InChI=1S/C17H23N3O3/c1-2-23-17(22)13-9-19-16-12(7-8-18-16)15(13)20-14-6-4-3-5-11(14)10-21/h7-9,11,14,21H,2-6,10H2,1H3,(H2,18,19,20)/t11-,14-/m1/s1. The summed E-state index contributed by atoms with van der Waals surface area (Å²) in [6.45, 7) is 2.27. The molecule has 1 fully saturated rings. The lowest BCUT2D eigenvalue weighted by molar-refractivity contribution is 0.0527. The number of aromatic amines is 1. The van der Waals surface area contributed by atoms with E-state index in [1.165, 1.54) is 0 Å². The summed E-state index contributed by atoms with van der Waals surface area (Å²) in [7, 11) is 0. The summed E-state index contributed by atoms with van der Waals surface area (Å²) in [6, 6.07) is 2.06. The summed E-state index contributed by atoms with van der Waals surface area (Å²) in [6.07, 6.45) is 7.62. The van der Waals surface area contributed by atoms with Crippen LogP contribution in [0.25, 0.3) is 11.0 Å². The van der Waals surface area contributed by atoms with E-state index in [0.29, 0.717) is 12.2 Å². The second-order valence-corrected chi connectivity index (χ2v) is 5.99. The van der Waals surface area contributed by atoms with Crippen LogP contribution in [0.4, 0.5) is 5.69 Å². The monoisotopic (exact) mass is 317 g/mol. The number of aliphatic hydroxyl groups is 1. The number of pyridine rings is 1. The molecule has 6 heteroatoms. The maximum Gasteiger partial charge on any atom is 0.341 e. The second kappa shape index (κ2) is 7.00. The van der Waals surface area contributed by atoms with Gasteiger partial charge < -0.3 is 20.1 Å². The van der Waals surface area contributed by atoms with Gasteiger partial charge in [0.25, 0.3) is 0 Å². The van der Waals surface area contributed by atoms with Crippen molar-refractivity contribution in [3.63, 3.8) is 0 Å². The Labute approximate surface area is 135 Å². The van der Waals surface area contributed by atoms with E-state index in [-0.39, 0.29) is 24.5 Å². The molecule has 23 heavy (non-hydrogen) atoms. The van der Waals surface area contributed by atoms with Gasteiger partial charge in [-0.2, -0.15) is 0 Å². The van der Waals surface area contributed by atoms with Crippen LogP contribution in [0.5, 0.6) is 0 Å². The van der Waals surface area contributed by atoms with Crippen LogP contribution in [0.2, 0.25) is 0 Å². The molecule has 1 aliphatic carbocycles. The molecule has 0 aromatic carbocycles. The predicted molar refractivity (Wildman–Crippen MR) is 88.5 cm³/mol. The molecule has 0 radical (unpaired) electrons. The Balaban J connectivity index is 1.97. The van der Waals surface area contributed by atoms with Gasteiger partial charge in [0, 0.05) is 36.3 Å². The average Bonchev–Trinajstić information content (AvgIpc) is 3.05. The number of nitrogens with one attached hydrogen (secondary N) is 2. The molecular weight excluding hydrogens is 294 g/mol. The number of H-pyrrole nitrogens is 1. The molecule has 2 aromatic heterocycles. The maximum absolute atomic E-state index is 12.3. The van der Waals surface area contributed by atoms with Crippen molar-refractivity contribution >= 4 is 22.7 Å². The molecule has 0 saturated heterocycles. The van der Waals surface area contributed by atoms with Gasteiger partial charge in [0.1, 0.15) is 11.2 Å². The SMILES string of the molecule is CCOC(=O)c1cnc2[nH]ccc2c1N[C@@H]1CCCC[C@@H]1CO. The van der Waals surface area contributed by atoms with E-state index in [2.05, 4.69) is 15.3 Å². The van der Waals surface area contributed by atoms with Crippen molar-refractivity contribution in [3.05, 3.63) is 24.0 Å². The van der Waals surface area contributed by atoms with Crippen LogP contribution >= 0.6 is 0 Å². The largest absolute Gasteiger partial charge is 0.462 e. The molecular formula is C17H23N3O3. The Hall–Kier alpha value is -2.08. The molecule has 1 aliphatic rings. The van der Waals surface area contributed by atoms with Crippen molar-refractivity contribution in [3.8, 4) is 0 Å². The van der Waals surface area contributed by atoms with Crippen LogP contribution in [-0.2, 0) is 4.74 Å². The second-order valence-electron chi connectivity index (χ2n) is 5.99. The highest BCUT2D eigenvalue weighted by Crippen LogP contribution is 2.32. The number of rotatable bonds is 5. The van der Waals surface area contributed by atoms with Gasteiger partial charge in [0.2, 0.25) is 0 Å². The summed E-state index contributed by atoms with van der Waals surface area (Å²) in [5.41, 5.74) is 1.93. The summed E-state index contributed by atoms with van der Waals surface area (Å²) >= 11 is 0. The zero-order valence-corrected chi connectivity index (χ0v) is 13.3. The zero-order chi connectivity index (χ0) is 16.2. The highest BCUT2D eigenvalue weighted by atomic mass is 16.5. The first-order valence-corrected chi connectivity index (χ1v) is 8.25. The van der Waals surface area contributed by atoms with Gasteiger partial charge in [-0.3, -0.25) is 0 Å². The highest BCUT2D eigenvalue weighted by Gasteiger charge is 2.27. The molecule has 0 bridgehead atoms. The van der Waals surface area contributed by atoms with Gasteiger partial charge in [-0.1, -0.05) is 12.8 Å². The van der Waals surface area contributed by atoms with E-state index in [4.69, 9.17) is 4.74 Å². The van der Waals surface area contributed by atoms with E-state index >= 15 is 0 Å². The quantitative estimate of drug-likeness (QED) is 0.738. The minimum Gasteiger partial charge on any atom is -0.462 e. The number of ether oxygens (including phenoxy) is 1. The third-order valence-electron chi connectivity index (χ3n) is 4.56. The maximum atomic E-state index is 12.3. The minimum absolute atomic E-state index is 0.155. The van der Waals surface area contributed by atoms with Crippen LogP contribution in [0.3, 0.4) is 0 Å². The molecule has 2 atom stereocenters. The summed E-state index contributed by atoms with van der Waals surface area (Å²) in [5, 5.41) is 14.0. The van der Waals surface area contributed by atoms with Crippen LogP contribution in [0.15, 0.2) is 18.5 Å². The topological polar surface area (TPSA) is 87.2 Å². The van der Waals surface area contributed by atoms with E-state index in [1.54, 1.807) is 13.1 Å². The molecule has 0 spiro atoms. The molecule has 0 amide bonds. The lowest BCUT2D eigenvalue weighted by Crippen LogP contribution is -2.35. The van der Waals surface area contributed by atoms with E-state index in [9.17, 15) is 9.90 Å². The first-order chi connectivity index (χ1) is 11.2. The van der Waals surface area contributed by atoms with Gasteiger partial charge in [-0.25, -0.2) is 9.78 Å². The Morgan fingerprint density at radius 3 is 3.09 bits per heavy atom. The fraction of sp³-hybridized carbons (Fsp3) is 0.529. The van der Waals surface area contributed by atoms with E-state index in [0.717, 1.165) is 42.4 Å². The number of anilines is 1. The number of nitrogens with zero attached hydrogens (tertiary/aromatic N) is 1. The van der Waals surface area contributed by atoms with Crippen LogP contribution in [0.1, 0.15) is 43.0 Å². The number of hydrogen-bond acceptors (Lipinski definition) is 5. The van der Waals surface area contributed by atoms with Gasteiger partial charge in [0.05, 0.1) is 12.3 Å². The number of aliphatic hydroxyl groups excluding tert-OH is 1. The molecule has 2 aromatic rings. The van der Waals surface area contributed by atoms with Crippen LogP contribution in [0, 0.1) is 5.92 Å².